The van der Waals surface area contributed by atoms with Gasteiger partial charge in [0.2, 0.25) is 11.8 Å². The summed E-state index contributed by atoms with van der Waals surface area (Å²) in [5.41, 5.74) is 3.69. The van der Waals surface area contributed by atoms with E-state index in [9.17, 15) is 9.59 Å². The number of nitrogens with zero attached hydrogens (tertiary/aromatic N) is 4. The summed E-state index contributed by atoms with van der Waals surface area (Å²) >= 11 is 0. The predicted octanol–water partition coefficient (Wildman–Crippen LogP) is 3.80. The lowest BCUT2D eigenvalue weighted by Gasteiger charge is -2.35. The second kappa shape index (κ2) is 12.0. The molecule has 1 fully saturated rings. The largest absolute Gasteiger partial charge is 0.369 e. The van der Waals surface area contributed by atoms with Gasteiger partial charge in [-0.25, -0.2) is 0 Å². The van der Waals surface area contributed by atoms with E-state index in [1.807, 2.05) is 49.4 Å². The van der Waals surface area contributed by atoms with Crippen LogP contribution in [0.3, 0.4) is 0 Å². The third-order valence-corrected chi connectivity index (χ3v) is 6.05. The number of hydrogen-bond donors (Lipinski definition) is 1. The Balaban J connectivity index is 1.54. The van der Waals surface area contributed by atoms with Gasteiger partial charge in [-0.15, -0.1) is 0 Å². The SMILES string of the molecule is CCN1CCN(c2ccc(NC(=O)CCC(=O)N(CCC#N)c3ccccc3)c(C)c2)CC1. The summed E-state index contributed by atoms with van der Waals surface area (Å²) in [5.74, 6) is -0.353. The van der Waals surface area contributed by atoms with E-state index in [0.29, 0.717) is 6.54 Å². The molecule has 2 aromatic rings. The number of para-hydroxylation sites is 1. The van der Waals surface area contributed by atoms with Gasteiger partial charge in [-0.2, -0.15) is 5.26 Å². The zero-order valence-electron chi connectivity index (χ0n) is 19.6. The van der Waals surface area contributed by atoms with E-state index < -0.39 is 0 Å². The zero-order chi connectivity index (χ0) is 23.6. The topological polar surface area (TPSA) is 79.7 Å². The van der Waals surface area contributed by atoms with Gasteiger partial charge in [0.15, 0.2) is 0 Å². The zero-order valence-corrected chi connectivity index (χ0v) is 19.6. The van der Waals surface area contributed by atoms with E-state index in [2.05, 4.69) is 34.2 Å². The number of likely N-dealkylation sites (N-methyl/N-ethyl adjacent to an activating group) is 1. The first-order valence-corrected chi connectivity index (χ1v) is 11.6. The van der Waals surface area contributed by atoms with E-state index in [1.165, 1.54) is 5.69 Å². The van der Waals surface area contributed by atoms with E-state index in [1.54, 1.807) is 4.90 Å². The molecule has 1 N–H and O–H groups in total. The van der Waals surface area contributed by atoms with Crippen molar-refractivity contribution >= 4 is 28.9 Å². The van der Waals surface area contributed by atoms with Gasteiger partial charge in [0.05, 0.1) is 12.5 Å². The molecule has 174 valence electrons. The molecule has 1 aliphatic heterocycles. The third-order valence-electron chi connectivity index (χ3n) is 6.05. The van der Waals surface area contributed by atoms with Crippen molar-refractivity contribution in [2.24, 2.45) is 0 Å². The number of benzene rings is 2. The average molecular weight is 448 g/mol. The standard InChI is InChI=1S/C26H33N5O2/c1-3-29-16-18-30(19-17-29)23-10-11-24(21(2)20-23)28-25(32)12-13-26(33)31(15-7-14-27)22-8-5-4-6-9-22/h4-6,8-11,20H,3,7,12-13,15-19H2,1-2H3,(H,28,32). The predicted molar refractivity (Wildman–Crippen MR) is 132 cm³/mol. The van der Waals surface area contributed by atoms with Crippen LogP contribution in [0.25, 0.3) is 0 Å². The number of piperazine rings is 1. The van der Waals surface area contributed by atoms with Gasteiger partial charge in [0.1, 0.15) is 0 Å². The van der Waals surface area contributed by atoms with Crippen LogP contribution in [0.4, 0.5) is 17.1 Å². The van der Waals surface area contributed by atoms with Crippen molar-refractivity contribution in [2.75, 3.05) is 54.4 Å². The van der Waals surface area contributed by atoms with Crippen LogP contribution in [0, 0.1) is 18.3 Å². The molecule has 7 heteroatoms. The van der Waals surface area contributed by atoms with Gasteiger partial charge < -0.3 is 20.0 Å². The molecule has 1 heterocycles. The van der Waals surface area contributed by atoms with Crippen LogP contribution in [-0.4, -0.2) is 56.0 Å². The molecule has 0 radical (unpaired) electrons. The fourth-order valence-corrected chi connectivity index (χ4v) is 4.04. The molecule has 0 aromatic heterocycles. The first-order chi connectivity index (χ1) is 16.0. The van der Waals surface area contributed by atoms with Crippen LogP contribution < -0.4 is 15.1 Å². The molecule has 1 saturated heterocycles. The second-order valence-electron chi connectivity index (χ2n) is 8.26. The summed E-state index contributed by atoms with van der Waals surface area (Å²) in [4.78, 5) is 31.7. The van der Waals surface area contributed by atoms with Gasteiger partial charge in [0, 0.05) is 62.6 Å². The molecule has 2 aromatic carbocycles. The monoisotopic (exact) mass is 447 g/mol. The molecule has 7 nitrogen and oxygen atoms in total. The van der Waals surface area contributed by atoms with E-state index in [4.69, 9.17) is 5.26 Å². The highest BCUT2D eigenvalue weighted by molar-refractivity contribution is 5.98. The Bertz CT molecular complexity index is 978. The third kappa shape index (κ3) is 6.80. The summed E-state index contributed by atoms with van der Waals surface area (Å²) in [5, 5.41) is 11.9. The van der Waals surface area contributed by atoms with Crippen LogP contribution in [0.2, 0.25) is 0 Å². The summed E-state index contributed by atoms with van der Waals surface area (Å²) in [6.45, 7) is 9.72. The van der Waals surface area contributed by atoms with Crippen molar-refractivity contribution in [3.05, 3.63) is 54.1 Å². The van der Waals surface area contributed by atoms with Gasteiger partial charge in [-0.05, 0) is 49.4 Å². The number of anilines is 3. The van der Waals surface area contributed by atoms with E-state index in [-0.39, 0.29) is 31.1 Å². The highest BCUT2D eigenvalue weighted by atomic mass is 16.2. The Morgan fingerprint density at radius 3 is 2.42 bits per heavy atom. The Kier molecular flexibility index (Phi) is 8.85. The van der Waals surface area contributed by atoms with Crippen LogP contribution >= 0.6 is 0 Å². The van der Waals surface area contributed by atoms with Crippen molar-refractivity contribution in [2.45, 2.75) is 33.1 Å². The fraction of sp³-hybridized carbons (Fsp3) is 0.423. The van der Waals surface area contributed by atoms with Crippen molar-refractivity contribution in [3.8, 4) is 6.07 Å². The summed E-state index contributed by atoms with van der Waals surface area (Å²) in [6, 6.07) is 17.4. The normalized spacial score (nSPS) is 13.9. The number of carbonyl (C=O) groups excluding carboxylic acids is 2. The second-order valence-corrected chi connectivity index (χ2v) is 8.26. The minimum Gasteiger partial charge on any atom is -0.369 e. The maximum absolute atomic E-state index is 12.8. The molecule has 0 saturated carbocycles. The summed E-state index contributed by atoms with van der Waals surface area (Å²) in [7, 11) is 0. The maximum atomic E-state index is 12.8. The molecule has 1 aliphatic rings. The number of amides is 2. The highest BCUT2D eigenvalue weighted by Crippen LogP contribution is 2.24. The smallest absolute Gasteiger partial charge is 0.227 e. The Labute approximate surface area is 196 Å². The van der Waals surface area contributed by atoms with Crippen molar-refractivity contribution in [1.29, 1.82) is 5.26 Å². The molecular weight excluding hydrogens is 414 g/mol. The van der Waals surface area contributed by atoms with E-state index in [0.717, 1.165) is 49.7 Å². The lowest BCUT2D eigenvalue weighted by Crippen LogP contribution is -2.46. The average Bonchev–Trinajstić information content (AvgIpc) is 2.85. The van der Waals surface area contributed by atoms with Gasteiger partial charge in [-0.3, -0.25) is 9.59 Å². The number of aryl methyl sites for hydroxylation is 1. The lowest BCUT2D eigenvalue weighted by molar-refractivity contribution is -0.122. The van der Waals surface area contributed by atoms with Crippen LogP contribution in [0.15, 0.2) is 48.5 Å². The Hall–Kier alpha value is -3.37. The number of rotatable bonds is 9. The van der Waals surface area contributed by atoms with Crippen molar-refractivity contribution < 1.29 is 9.59 Å². The molecule has 0 spiro atoms. The quantitative estimate of drug-likeness (QED) is 0.632. The van der Waals surface area contributed by atoms with Crippen molar-refractivity contribution in [3.63, 3.8) is 0 Å². The molecule has 0 bridgehead atoms. The number of nitrogens with one attached hydrogen (secondary N) is 1. The molecular formula is C26H33N5O2. The number of carbonyl (C=O) groups is 2. The lowest BCUT2D eigenvalue weighted by atomic mass is 10.1. The Morgan fingerprint density at radius 2 is 1.79 bits per heavy atom. The van der Waals surface area contributed by atoms with Gasteiger partial charge in [0.25, 0.3) is 0 Å². The van der Waals surface area contributed by atoms with Crippen LogP contribution in [0.1, 0.15) is 31.7 Å². The Morgan fingerprint density at radius 1 is 1.06 bits per heavy atom. The molecule has 0 aliphatic carbocycles. The first kappa shape index (κ1) is 24.3. The molecule has 0 unspecified atom stereocenters. The summed E-state index contributed by atoms with van der Waals surface area (Å²) < 4.78 is 0. The van der Waals surface area contributed by atoms with Crippen LogP contribution in [0.5, 0.6) is 0 Å². The summed E-state index contributed by atoms with van der Waals surface area (Å²) in [6.07, 6.45) is 0.422. The molecule has 0 atom stereocenters. The number of nitriles is 1. The highest BCUT2D eigenvalue weighted by Gasteiger charge is 2.18. The minimum atomic E-state index is -0.191. The van der Waals surface area contributed by atoms with Crippen molar-refractivity contribution in [1.82, 2.24) is 4.90 Å². The van der Waals surface area contributed by atoms with Gasteiger partial charge >= 0.3 is 0 Å². The maximum Gasteiger partial charge on any atom is 0.227 e. The first-order valence-electron chi connectivity index (χ1n) is 11.6. The fourth-order valence-electron chi connectivity index (χ4n) is 4.04. The number of hydrogen-bond acceptors (Lipinski definition) is 5. The minimum absolute atomic E-state index is 0.0883. The molecule has 3 rings (SSSR count). The van der Waals surface area contributed by atoms with Crippen LogP contribution in [-0.2, 0) is 9.59 Å². The molecule has 33 heavy (non-hydrogen) atoms. The van der Waals surface area contributed by atoms with E-state index >= 15 is 0 Å². The van der Waals surface area contributed by atoms with Gasteiger partial charge in [-0.1, -0.05) is 25.1 Å². The molecule has 2 amide bonds.